The number of hydrogen-bond acceptors (Lipinski definition) is 3. The number of ketones is 1. The first kappa shape index (κ1) is 25.7. The van der Waals surface area contributed by atoms with E-state index < -0.39 is 11.7 Å². The second-order valence-electron chi connectivity index (χ2n) is 11.0. The van der Waals surface area contributed by atoms with Gasteiger partial charge >= 0.3 is 12.3 Å². The summed E-state index contributed by atoms with van der Waals surface area (Å²) >= 11 is 0. The largest absolute Gasteiger partial charge is 0.448 e. The highest BCUT2D eigenvalue weighted by Gasteiger charge is 2.44. The van der Waals surface area contributed by atoms with Gasteiger partial charge in [0.1, 0.15) is 6.61 Å². The van der Waals surface area contributed by atoms with Crippen molar-refractivity contribution >= 4 is 11.9 Å². The Labute approximate surface area is 225 Å². The summed E-state index contributed by atoms with van der Waals surface area (Å²) in [5.41, 5.74) is 4.28. The number of nitrogens with zero attached hydrogens (tertiary/aromatic N) is 1. The van der Waals surface area contributed by atoms with Gasteiger partial charge in [-0.15, -0.1) is 0 Å². The smallest absolute Gasteiger partial charge is 0.416 e. The minimum atomic E-state index is -4.45. The Hall–Kier alpha value is -3.61. The molecule has 6 rings (SSSR count). The molecule has 0 radical (unpaired) electrons. The molecule has 2 fully saturated rings. The predicted octanol–water partition coefficient (Wildman–Crippen LogP) is 7.78. The number of ether oxygens (including phenoxy) is 1. The maximum Gasteiger partial charge on any atom is 0.416 e. The number of rotatable bonds is 4. The quantitative estimate of drug-likeness (QED) is 0.322. The van der Waals surface area contributed by atoms with Crippen LogP contribution in [0.4, 0.5) is 18.0 Å². The lowest BCUT2D eigenvalue weighted by Gasteiger charge is -2.47. The molecular weight excluding hydrogens is 503 g/mol. The van der Waals surface area contributed by atoms with Crippen molar-refractivity contribution in [3.8, 4) is 11.1 Å². The average molecular weight is 534 g/mol. The fourth-order valence-electron chi connectivity index (χ4n) is 6.93. The second kappa shape index (κ2) is 9.85. The predicted molar refractivity (Wildman–Crippen MR) is 142 cm³/mol. The maximum absolute atomic E-state index is 13.4. The highest BCUT2D eigenvalue weighted by molar-refractivity contribution is 5.98. The van der Waals surface area contributed by atoms with Crippen LogP contribution in [0.3, 0.4) is 0 Å². The van der Waals surface area contributed by atoms with Crippen molar-refractivity contribution in [1.29, 1.82) is 0 Å². The highest BCUT2D eigenvalue weighted by atomic mass is 19.4. The number of piperidine rings is 2. The minimum Gasteiger partial charge on any atom is -0.448 e. The molecule has 39 heavy (non-hydrogen) atoms. The lowest BCUT2D eigenvalue weighted by molar-refractivity contribution is -0.138. The summed E-state index contributed by atoms with van der Waals surface area (Å²) < 4.78 is 45.5. The number of fused-ring (bicyclic) bond motifs is 5. The topological polar surface area (TPSA) is 46.6 Å². The molecule has 0 N–H and O–H groups in total. The minimum absolute atomic E-state index is 0.0248. The van der Waals surface area contributed by atoms with E-state index in [9.17, 15) is 22.8 Å². The third kappa shape index (κ3) is 4.62. The molecule has 2 aliphatic heterocycles. The number of Topliss-reactive ketones (excluding diaryl/α,β-unsaturated/α-hetero) is 1. The molecule has 2 heterocycles. The Morgan fingerprint density at radius 3 is 2.05 bits per heavy atom. The summed E-state index contributed by atoms with van der Waals surface area (Å²) in [5, 5.41) is 0. The van der Waals surface area contributed by atoms with Gasteiger partial charge in [-0.05, 0) is 79.0 Å². The van der Waals surface area contributed by atoms with E-state index in [1.54, 1.807) is 0 Å². The maximum atomic E-state index is 13.4. The van der Waals surface area contributed by atoms with Crippen LogP contribution in [0.2, 0.25) is 0 Å². The van der Waals surface area contributed by atoms with Crippen LogP contribution in [-0.4, -0.2) is 35.5 Å². The monoisotopic (exact) mass is 533 g/mol. The van der Waals surface area contributed by atoms with Crippen LogP contribution in [0.15, 0.2) is 66.7 Å². The summed E-state index contributed by atoms with van der Waals surface area (Å²) in [7, 11) is 0. The van der Waals surface area contributed by atoms with Crippen LogP contribution in [0.1, 0.15) is 70.6 Å². The van der Waals surface area contributed by atoms with Crippen molar-refractivity contribution in [2.45, 2.75) is 63.2 Å². The fraction of sp³-hybridized carbons (Fsp3) is 0.375. The molecule has 2 saturated heterocycles. The molecule has 0 aromatic heterocycles. The zero-order chi connectivity index (χ0) is 27.3. The van der Waals surface area contributed by atoms with Crippen LogP contribution in [0.5, 0.6) is 0 Å². The first-order valence-corrected chi connectivity index (χ1v) is 13.6. The van der Waals surface area contributed by atoms with E-state index >= 15 is 0 Å². The van der Waals surface area contributed by atoms with Crippen molar-refractivity contribution in [2.75, 3.05) is 6.61 Å². The van der Waals surface area contributed by atoms with Crippen molar-refractivity contribution in [1.82, 2.24) is 4.90 Å². The molecular formula is C32H30F3NO3. The van der Waals surface area contributed by atoms with E-state index in [2.05, 4.69) is 24.3 Å². The molecule has 3 aliphatic rings. The summed E-state index contributed by atoms with van der Waals surface area (Å²) in [4.78, 5) is 28.6. The van der Waals surface area contributed by atoms with E-state index in [1.165, 1.54) is 30.2 Å². The first-order chi connectivity index (χ1) is 18.7. The van der Waals surface area contributed by atoms with E-state index in [0.29, 0.717) is 18.4 Å². The lowest BCUT2D eigenvalue weighted by atomic mass is 9.75. The standard InChI is InChI=1S/C32H30F3NO3/c1-19-15-20(13-14-29(19)32(33,34)35)30(37)21-16-22-7-6-8-23(17-21)36(22)31(38)39-18-28-26-11-4-2-9-24(26)25-10-3-5-12-27(25)28/h2-5,9-15,21-23,28H,6-8,16-18H2,1H3. The second-order valence-corrected chi connectivity index (χ2v) is 11.0. The van der Waals surface area contributed by atoms with Crippen LogP contribution >= 0.6 is 0 Å². The molecule has 202 valence electrons. The molecule has 7 heteroatoms. The summed E-state index contributed by atoms with van der Waals surface area (Å²) in [6, 6.07) is 19.8. The Morgan fingerprint density at radius 1 is 0.897 bits per heavy atom. The summed E-state index contributed by atoms with van der Waals surface area (Å²) in [5.74, 6) is -0.492. The number of halogens is 3. The van der Waals surface area contributed by atoms with Crippen molar-refractivity contribution in [3.63, 3.8) is 0 Å². The van der Waals surface area contributed by atoms with E-state index in [1.807, 2.05) is 29.2 Å². The molecule has 3 aromatic rings. The van der Waals surface area contributed by atoms with Gasteiger partial charge in [0, 0.05) is 29.5 Å². The number of carbonyl (C=O) groups is 2. The highest BCUT2D eigenvalue weighted by Crippen LogP contribution is 2.45. The van der Waals surface area contributed by atoms with E-state index in [0.717, 1.165) is 36.5 Å². The SMILES string of the molecule is Cc1cc(C(=O)C2CC3CCCC(C2)N3C(=O)OCC2c3ccccc3-c3ccccc32)ccc1C(F)(F)F. The zero-order valence-electron chi connectivity index (χ0n) is 21.7. The number of benzene rings is 3. The normalized spacial score (nSPS) is 22.3. The summed E-state index contributed by atoms with van der Waals surface area (Å²) in [6.07, 6.45) is -1.24. The zero-order valence-corrected chi connectivity index (χ0v) is 21.7. The number of amides is 1. The third-order valence-electron chi connectivity index (χ3n) is 8.71. The van der Waals surface area contributed by atoms with Crippen LogP contribution in [-0.2, 0) is 10.9 Å². The molecule has 2 bridgehead atoms. The van der Waals surface area contributed by atoms with Gasteiger partial charge in [-0.2, -0.15) is 13.2 Å². The van der Waals surface area contributed by atoms with Crippen LogP contribution < -0.4 is 0 Å². The fourth-order valence-corrected chi connectivity index (χ4v) is 6.93. The molecule has 4 nitrogen and oxygen atoms in total. The Bertz CT molecular complexity index is 1370. The molecule has 3 aromatic carbocycles. The Kier molecular flexibility index (Phi) is 6.48. The van der Waals surface area contributed by atoms with Crippen molar-refractivity contribution in [2.24, 2.45) is 5.92 Å². The molecule has 1 aliphatic carbocycles. The number of alkyl halides is 3. The van der Waals surface area contributed by atoms with E-state index in [-0.39, 0.29) is 48.0 Å². The van der Waals surface area contributed by atoms with Gasteiger partial charge in [-0.25, -0.2) is 4.79 Å². The number of hydrogen-bond donors (Lipinski definition) is 0. The molecule has 0 saturated carbocycles. The molecule has 1 amide bonds. The Balaban J connectivity index is 1.15. The first-order valence-electron chi connectivity index (χ1n) is 13.6. The van der Waals surface area contributed by atoms with Gasteiger partial charge in [0.25, 0.3) is 0 Å². The third-order valence-corrected chi connectivity index (χ3v) is 8.71. The Morgan fingerprint density at radius 2 is 1.49 bits per heavy atom. The number of carbonyl (C=O) groups excluding carboxylic acids is 2. The van der Waals surface area contributed by atoms with Gasteiger partial charge < -0.3 is 9.64 Å². The lowest BCUT2D eigenvalue weighted by Crippen LogP contribution is -2.55. The van der Waals surface area contributed by atoms with Gasteiger partial charge in [0.05, 0.1) is 5.56 Å². The average Bonchev–Trinajstić information content (AvgIpc) is 3.23. The van der Waals surface area contributed by atoms with Crippen LogP contribution in [0, 0.1) is 12.8 Å². The van der Waals surface area contributed by atoms with Crippen molar-refractivity contribution < 1.29 is 27.5 Å². The van der Waals surface area contributed by atoms with Gasteiger partial charge in [0.2, 0.25) is 0 Å². The number of aryl methyl sites for hydroxylation is 1. The van der Waals surface area contributed by atoms with Gasteiger partial charge in [-0.3, -0.25) is 4.79 Å². The summed E-state index contributed by atoms with van der Waals surface area (Å²) in [6.45, 7) is 1.63. The molecule has 0 spiro atoms. The molecule has 2 atom stereocenters. The van der Waals surface area contributed by atoms with Gasteiger partial charge in [0.15, 0.2) is 5.78 Å². The van der Waals surface area contributed by atoms with Crippen molar-refractivity contribution in [3.05, 3.63) is 94.5 Å². The molecule has 2 unspecified atom stereocenters. The van der Waals surface area contributed by atoms with Gasteiger partial charge in [-0.1, -0.05) is 54.6 Å². The van der Waals surface area contributed by atoms with E-state index in [4.69, 9.17) is 4.74 Å². The van der Waals surface area contributed by atoms with Crippen LogP contribution in [0.25, 0.3) is 11.1 Å².